The number of nitro groups is 1. The van der Waals surface area contributed by atoms with Gasteiger partial charge >= 0.3 is 0 Å². The van der Waals surface area contributed by atoms with Crippen LogP contribution in [0, 0.1) is 10.1 Å². The number of hydrogen-bond donors (Lipinski definition) is 2. The fourth-order valence-electron chi connectivity index (χ4n) is 2.06. The lowest BCUT2D eigenvalue weighted by molar-refractivity contribution is -0.384. The number of benzene rings is 1. The van der Waals surface area contributed by atoms with Gasteiger partial charge in [-0.2, -0.15) is 0 Å². The van der Waals surface area contributed by atoms with Gasteiger partial charge in [-0.25, -0.2) is 0 Å². The molecule has 1 aromatic rings. The Hall–Kier alpha value is -1.44. The van der Waals surface area contributed by atoms with Crippen LogP contribution < -0.4 is 5.32 Å². The second-order valence-electron chi connectivity index (χ2n) is 4.59. The number of halogens is 1. The van der Waals surface area contributed by atoms with E-state index in [2.05, 4.69) is 5.32 Å². The molecule has 1 fully saturated rings. The zero-order chi connectivity index (χ0) is 14.7. The standard InChI is InChI=1S/C12H14ClN3O3S/c13-10-4-3-8(16(18)19)6-11(10)14-12(20)15-5-1-2-9(17)7-15/h3-4,6,9,17H,1-2,5,7H2,(H,14,20)/t9-/m0/s1. The second kappa shape index (κ2) is 6.34. The molecule has 108 valence electrons. The molecule has 0 saturated carbocycles. The fraction of sp³-hybridized carbons (Fsp3) is 0.417. The molecule has 0 spiro atoms. The summed E-state index contributed by atoms with van der Waals surface area (Å²) in [5.41, 5.74) is 0.337. The third kappa shape index (κ3) is 3.56. The number of β-amino-alcohol motifs (C(OH)–C–C–N with tert-alkyl or cyclic N) is 1. The quantitative estimate of drug-likeness (QED) is 0.496. The summed E-state index contributed by atoms with van der Waals surface area (Å²) >= 11 is 11.3. The molecule has 8 heteroatoms. The molecule has 2 N–H and O–H groups in total. The number of rotatable bonds is 2. The third-order valence-electron chi connectivity index (χ3n) is 3.09. The maximum atomic E-state index is 10.8. The Labute approximate surface area is 126 Å². The molecular weight excluding hydrogens is 302 g/mol. The smallest absolute Gasteiger partial charge is 0.271 e. The van der Waals surface area contributed by atoms with Crippen molar-refractivity contribution in [3.05, 3.63) is 33.3 Å². The van der Waals surface area contributed by atoms with Gasteiger partial charge in [-0.3, -0.25) is 10.1 Å². The molecule has 1 aliphatic heterocycles. The van der Waals surface area contributed by atoms with Gasteiger partial charge in [0.05, 0.1) is 21.7 Å². The second-order valence-corrected chi connectivity index (χ2v) is 5.39. The van der Waals surface area contributed by atoms with Crippen LogP contribution in [0.1, 0.15) is 12.8 Å². The molecule has 0 unspecified atom stereocenters. The summed E-state index contributed by atoms with van der Waals surface area (Å²) in [5, 5.41) is 24.0. The number of anilines is 1. The minimum absolute atomic E-state index is 0.0571. The number of non-ortho nitro benzene ring substituents is 1. The molecule has 0 aliphatic carbocycles. The average Bonchev–Trinajstić information content (AvgIpc) is 2.41. The summed E-state index contributed by atoms with van der Waals surface area (Å²) in [6.45, 7) is 1.20. The van der Waals surface area contributed by atoms with E-state index in [1.54, 1.807) is 0 Å². The number of likely N-dealkylation sites (tertiary alicyclic amines) is 1. The van der Waals surface area contributed by atoms with Gasteiger partial charge < -0.3 is 15.3 Å². The maximum Gasteiger partial charge on any atom is 0.271 e. The van der Waals surface area contributed by atoms with Gasteiger partial charge in [-0.15, -0.1) is 0 Å². The van der Waals surface area contributed by atoms with Crippen LogP contribution in [-0.4, -0.2) is 39.2 Å². The Morgan fingerprint density at radius 2 is 2.35 bits per heavy atom. The number of nitrogens with zero attached hydrogens (tertiary/aromatic N) is 2. The summed E-state index contributed by atoms with van der Waals surface area (Å²) in [6.07, 6.45) is 1.21. The molecule has 1 atom stereocenters. The summed E-state index contributed by atoms with van der Waals surface area (Å²) in [7, 11) is 0. The first-order valence-corrected chi connectivity index (χ1v) is 6.94. The zero-order valence-electron chi connectivity index (χ0n) is 10.6. The van der Waals surface area contributed by atoms with Gasteiger partial charge in [0.2, 0.25) is 0 Å². The van der Waals surface area contributed by atoms with Crippen molar-refractivity contribution in [1.29, 1.82) is 0 Å². The zero-order valence-corrected chi connectivity index (χ0v) is 12.2. The number of aliphatic hydroxyl groups is 1. The first-order chi connectivity index (χ1) is 9.47. The van der Waals surface area contributed by atoms with Crippen LogP contribution in [0.4, 0.5) is 11.4 Å². The molecule has 0 amide bonds. The largest absolute Gasteiger partial charge is 0.391 e. The highest BCUT2D eigenvalue weighted by Gasteiger charge is 2.20. The number of aliphatic hydroxyl groups excluding tert-OH is 1. The predicted octanol–water partition coefficient (Wildman–Crippen LogP) is 2.40. The van der Waals surface area contributed by atoms with Crippen molar-refractivity contribution in [1.82, 2.24) is 4.90 Å². The minimum Gasteiger partial charge on any atom is -0.391 e. The molecule has 1 aromatic carbocycles. The summed E-state index contributed by atoms with van der Waals surface area (Å²) in [4.78, 5) is 12.1. The van der Waals surface area contributed by atoms with Crippen LogP contribution in [0.15, 0.2) is 18.2 Å². The van der Waals surface area contributed by atoms with Crippen molar-refractivity contribution in [3.8, 4) is 0 Å². The number of nitro benzene ring substituents is 1. The Morgan fingerprint density at radius 1 is 1.60 bits per heavy atom. The van der Waals surface area contributed by atoms with Gasteiger partial charge in [-0.1, -0.05) is 11.6 Å². The molecule has 1 aliphatic rings. The topological polar surface area (TPSA) is 78.6 Å². The molecule has 0 bridgehead atoms. The van der Waals surface area contributed by atoms with Crippen molar-refractivity contribution in [2.24, 2.45) is 0 Å². The van der Waals surface area contributed by atoms with E-state index >= 15 is 0 Å². The van der Waals surface area contributed by atoms with Crippen molar-refractivity contribution < 1.29 is 10.0 Å². The molecule has 2 rings (SSSR count). The molecular formula is C12H14ClN3O3S. The van der Waals surface area contributed by atoms with Crippen LogP contribution in [0.2, 0.25) is 5.02 Å². The van der Waals surface area contributed by atoms with Gasteiger partial charge in [0.15, 0.2) is 5.11 Å². The summed E-state index contributed by atoms with van der Waals surface area (Å²) in [5.74, 6) is 0. The van der Waals surface area contributed by atoms with Crippen LogP contribution in [-0.2, 0) is 0 Å². The van der Waals surface area contributed by atoms with E-state index in [0.717, 1.165) is 19.4 Å². The van der Waals surface area contributed by atoms with Gasteiger partial charge in [-0.05, 0) is 31.1 Å². The van der Waals surface area contributed by atoms with E-state index in [9.17, 15) is 15.2 Å². The maximum absolute atomic E-state index is 10.8. The van der Waals surface area contributed by atoms with Gasteiger partial charge in [0.1, 0.15) is 0 Å². The number of hydrogen-bond acceptors (Lipinski definition) is 4. The predicted molar refractivity (Wildman–Crippen MR) is 81.1 cm³/mol. The third-order valence-corrected chi connectivity index (χ3v) is 3.78. The van der Waals surface area contributed by atoms with Gasteiger partial charge in [0, 0.05) is 25.2 Å². The van der Waals surface area contributed by atoms with E-state index in [1.165, 1.54) is 18.2 Å². The van der Waals surface area contributed by atoms with Crippen molar-refractivity contribution in [2.75, 3.05) is 18.4 Å². The van der Waals surface area contributed by atoms with Crippen LogP contribution >= 0.6 is 23.8 Å². The number of thiocarbonyl (C=S) groups is 1. The van der Waals surface area contributed by atoms with Crippen LogP contribution in [0.5, 0.6) is 0 Å². The lowest BCUT2D eigenvalue weighted by Gasteiger charge is -2.32. The van der Waals surface area contributed by atoms with E-state index in [0.29, 0.717) is 22.4 Å². The molecule has 1 saturated heterocycles. The lowest BCUT2D eigenvalue weighted by atomic mass is 10.1. The molecule has 20 heavy (non-hydrogen) atoms. The first kappa shape index (κ1) is 15.0. The van der Waals surface area contributed by atoms with Crippen LogP contribution in [0.3, 0.4) is 0 Å². The minimum atomic E-state index is -0.491. The monoisotopic (exact) mass is 315 g/mol. The van der Waals surface area contributed by atoms with E-state index in [-0.39, 0.29) is 5.69 Å². The first-order valence-electron chi connectivity index (χ1n) is 6.15. The molecule has 6 nitrogen and oxygen atoms in total. The Kier molecular flexibility index (Phi) is 4.74. The highest BCUT2D eigenvalue weighted by atomic mass is 35.5. The number of piperidine rings is 1. The Balaban J connectivity index is 2.10. The number of nitrogens with one attached hydrogen (secondary N) is 1. The fourth-order valence-corrected chi connectivity index (χ4v) is 2.50. The molecule has 0 aromatic heterocycles. The highest BCUT2D eigenvalue weighted by molar-refractivity contribution is 7.80. The van der Waals surface area contributed by atoms with Crippen molar-refractivity contribution in [3.63, 3.8) is 0 Å². The SMILES string of the molecule is O=[N+]([O-])c1ccc(Cl)c(NC(=S)N2CCC[C@H](O)C2)c1. The normalized spacial score (nSPS) is 18.7. The molecule has 0 radical (unpaired) electrons. The van der Waals surface area contributed by atoms with E-state index in [1.807, 2.05) is 4.90 Å². The van der Waals surface area contributed by atoms with Gasteiger partial charge in [0.25, 0.3) is 5.69 Å². The van der Waals surface area contributed by atoms with E-state index < -0.39 is 11.0 Å². The Morgan fingerprint density at radius 3 is 3.00 bits per heavy atom. The summed E-state index contributed by atoms with van der Waals surface area (Å²) < 4.78 is 0. The van der Waals surface area contributed by atoms with Crippen molar-refractivity contribution >= 4 is 40.3 Å². The molecule has 1 heterocycles. The Bertz CT molecular complexity index is 541. The van der Waals surface area contributed by atoms with Crippen molar-refractivity contribution in [2.45, 2.75) is 18.9 Å². The summed E-state index contributed by atoms with van der Waals surface area (Å²) in [6, 6.07) is 4.13. The lowest BCUT2D eigenvalue weighted by Crippen LogP contribution is -2.44. The average molecular weight is 316 g/mol. The highest BCUT2D eigenvalue weighted by Crippen LogP contribution is 2.27. The van der Waals surface area contributed by atoms with Crippen LogP contribution in [0.25, 0.3) is 0 Å². The van der Waals surface area contributed by atoms with E-state index in [4.69, 9.17) is 23.8 Å².